The van der Waals surface area contributed by atoms with Crippen molar-refractivity contribution in [3.8, 4) is 5.75 Å². The summed E-state index contributed by atoms with van der Waals surface area (Å²) in [5, 5.41) is 0. The number of hydrogen-bond donors (Lipinski definition) is 0. The molecule has 2 aromatic rings. The summed E-state index contributed by atoms with van der Waals surface area (Å²) in [6.45, 7) is 6.35. The molecule has 0 heterocycles. The lowest BCUT2D eigenvalue weighted by Crippen LogP contribution is -2.10. The van der Waals surface area contributed by atoms with Gasteiger partial charge < -0.3 is 14.2 Å². The van der Waals surface area contributed by atoms with Crippen LogP contribution in [0.2, 0.25) is 0 Å². The highest BCUT2D eigenvalue weighted by atomic mass is 16.7. The van der Waals surface area contributed by atoms with Crippen molar-refractivity contribution in [2.45, 2.75) is 27.2 Å². The lowest BCUT2D eigenvalue weighted by atomic mass is 9.90. The molecule has 2 aromatic carbocycles. The Bertz CT molecular complexity index is 763. The summed E-state index contributed by atoms with van der Waals surface area (Å²) in [4.78, 5) is 12.8. The van der Waals surface area contributed by atoms with Crippen LogP contribution in [0, 0.1) is 6.92 Å². The zero-order chi connectivity index (χ0) is 18.9. The van der Waals surface area contributed by atoms with Gasteiger partial charge in [-0.05, 0) is 54.7 Å². The van der Waals surface area contributed by atoms with Crippen molar-refractivity contribution in [3.63, 3.8) is 0 Å². The molecule has 4 heteroatoms. The Morgan fingerprint density at radius 1 is 1.04 bits per heavy atom. The summed E-state index contributed by atoms with van der Waals surface area (Å²) in [7, 11) is 1.58. The van der Waals surface area contributed by atoms with E-state index in [1.807, 2.05) is 69.3 Å². The van der Waals surface area contributed by atoms with E-state index in [0.29, 0.717) is 17.9 Å². The van der Waals surface area contributed by atoms with E-state index in [9.17, 15) is 4.79 Å². The van der Waals surface area contributed by atoms with Gasteiger partial charge in [0.25, 0.3) is 0 Å². The van der Waals surface area contributed by atoms with Crippen molar-refractivity contribution < 1.29 is 19.0 Å². The molecule has 4 nitrogen and oxygen atoms in total. The maximum Gasteiger partial charge on any atom is 0.339 e. The highest BCUT2D eigenvalue weighted by molar-refractivity contribution is 6.25. The number of allylic oxidation sites excluding steroid dienone is 1. The fraction of sp³-hybridized carbons (Fsp3) is 0.318. The zero-order valence-electron chi connectivity index (χ0n) is 15.9. The molecule has 0 amide bonds. The molecule has 0 fully saturated rings. The van der Waals surface area contributed by atoms with Gasteiger partial charge in [0.05, 0.1) is 12.2 Å². The van der Waals surface area contributed by atoms with Crippen LogP contribution < -0.4 is 4.74 Å². The molecule has 2 rings (SSSR count). The molecule has 0 radical (unpaired) electrons. The van der Waals surface area contributed by atoms with Gasteiger partial charge >= 0.3 is 5.97 Å². The topological polar surface area (TPSA) is 44.8 Å². The normalized spacial score (nSPS) is 11.7. The number of rotatable bonds is 8. The Balaban J connectivity index is 2.58. The molecule has 0 aromatic heterocycles. The van der Waals surface area contributed by atoms with Crippen LogP contribution in [0.25, 0.3) is 11.1 Å². The lowest BCUT2D eigenvalue weighted by molar-refractivity contribution is -0.136. The fourth-order valence-electron chi connectivity index (χ4n) is 2.90. The second-order valence-electron chi connectivity index (χ2n) is 5.82. The maximum absolute atomic E-state index is 12.8. The number of hydrogen-bond acceptors (Lipinski definition) is 4. The van der Waals surface area contributed by atoms with E-state index < -0.39 is 0 Å². The zero-order valence-corrected chi connectivity index (χ0v) is 15.9. The number of carbonyl (C=O) groups excluding carboxylic acids is 1. The average molecular weight is 354 g/mol. The van der Waals surface area contributed by atoms with Crippen LogP contribution in [0.5, 0.6) is 5.75 Å². The van der Waals surface area contributed by atoms with Crippen LogP contribution >= 0.6 is 0 Å². The smallest absolute Gasteiger partial charge is 0.339 e. The maximum atomic E-state index is 12.8. The second kappa shape index (κ2) is 9.78. The van der Waals surface area contributed by atoms with E-state index >= 15 is 0 Å². The minimum Gasteiger partial charge on any atom is -0.468 e. The largest absolute Gasteiger partial charge is 0.468 e. The number of methoxy groups -OCH3 is 1. The van der Waals surface area contributed by atoms with Gasteiger partial charge in [-0.25, -0.2) is 4.79 Å². The van der Waals surface area contributed by atoms with Crippen molar-refractivity contribution in [3.05, 3.63) is 65.2 Å². The van der Waals surface area contributed by atoms with Crippen LogP contribution in [-0.4, -0.2) is 26.5 Å². The summed E-state index contributed by atoms with van der Waals surface area (Å²) in [5.74, 6) is 0.399. The van der Waals surface area contributed by atoms with Crippen LogP contribution in [0.15, 0.2) is 48.5 Å². The van der Waals surface area contributed by atoms with E-state index in [1.54, 1.807) is 7.11 Å². The highest BCUT2D eigenvalue weighted by Gasteiger charge is 2.21. The molecule has 26 heavy (non-hydrogen) atoms. The molecular weight excluding hydrogens is 328 g/mol. The van der Waals surface area contributed by atoms with Crippen LogP contribution in [0.1, 0.15) is 37.0 Å². The molecule has 0 saturated heterocycles. The van der Waals surface area contributed by atoms with Crippen LogP contribution in [-0.2, 0) is 14.3 Å². The average Bonchev–Trinajstić information content (AvgIpc) is 2.66. The molecule has 0 aliphatic rings. The summed E-state index contributed by atoms with van der Waals surface area (Å²) >= 11 is 0. The first-order valence-electron chi connectivity index (χ1n) is 8.80. The van der Waals surface area contributed by atoms with Crippen molar-refractivity contribution in [2.75, 3.05) is 20.5 Å². The quantitative estimate of drug-likeness (QED) is 0.294. The van der Waals surface area contributed by atoms with E-state index in [1.165, 1.54) is 0 Å². The molecule has 0 spiro atoms. The van der Waals surface area contributed by atoms with Gasteiger partial charge in [0.2, 0.25) is 0 Å². The minimum atomic E-state index is -0.304. The molecule has 0 atom stereocenters. The van der Waals surface area contributed by atoms with Gasteiger partial charge in [-0.3, -0.25) is 0 Å². The molecule has 0 bridgehead atoms. The first-order chi connectivity index (χ1) is 12.6. The van der Waals surface area contributed by atoms with Gasteiger partial charge in [0.1, 0.15) is 5.75 Å². The first kappa shape index (κ1) is 19.7. The fourth-order valence-corrected chi connectivity index (χ4v) is 2.90. The third-order valence-corrected chi connectivity index (χ3v) is 4.07. The van der Waals surface area contributed by atoms with Gasteiger partial charge in [-0.2, -0.15) is 0 Å². The number of esters is 1. The van der Waals surface area contributed by atoms with Gasteiger partial charge in [0.15, 0.2) is 6.79 Å². The van der Waals surface area contributed by atoms with E-state index in [2.05, 4.69) is 0 Å². The Labute approximate surface area is 155 Å². The van der Waals surface area contributed by atoms with Crippen molar-refractivity contribution >= 4 is 17.1 Å². The summed E-state index contributed by atoms with van der Waals surface area (Å²) in [6.07, 6.45) is 0.722. The van der Waals surface area contributed by atoms with Gasteiger partial charge in [-0.1, -0.05) is 43.3 Å². The molecule has 0 aliphatic carbocycles. The molecule has 0 N–H and O–H groups in total. The predicted octanol–water partition coefficient (Wildman–Crippen LogP) is 4.86. The Kier molecular flexibility index (Phi) is 7.42. The first-order valence-corrected chi connectivity index (χ1v) is 8.80. The third-order valence-electron chi connectivity index (χ3n) is 4.07. The third kappa shape index (κ3) is 4.73. The van der Waals surface area contributed by atoms with Gasteiger partial charge in [0, 0.05) is 7.11 Å². The number of carbonyl (C=O) groups is 1. The molecule has 0 unspecified atom stereocenters. The molecule has 0 aliphatic heterocycles. The van der Waals surface area contributed by atoms with Crippen LogP contribution in [0.3, 0.4) is 0 Å². The second-order valence-corrected chi connectivity index (χ2v) is 5.82. The van der Waals surface area contributed by atoms with Crippen LogP contribution in [0.4, 0.5) is 0 Å². The molecule has 0 saturated carbocycles. The standard InChI is InChI=1S/C22H26O4/c1-5-19(17-10-8-7-9-11-17)21(22(23)25-6-2)20-13-12-18(14-16(20)3)26-15-24-4/h7-14H,5-6,15H2,1-4H3/b21-19+. The Hall–Kier alpha value is -2.59. The number of ether oxygens (including phenoxy) is 3. The summed E-state index contributed by atoms with van der Waals surface area (Å²) < 4.78 is 15.8. The molecule has 138 valence electrons. The highest BCUT2D eigenvalue weighted by Crippen LogP contribution is 2.33. The summed E-state index contributed by atoms with van der Waals surface area (Å²) in [6, 6.07) is 15.6. The van der Waals surface area contributed by atoms with Crippen molar-refractivity contribution in [1.82, 2.24) is 0 Å². The monoisotopic (exact) mass is 354 g/mol. The SMILES string of the molecule is CCOC(=O)/C(=C(\CC)c1ccccc1)c1ccc(OCOC)cc1C. The predicted molar refractivity (Wildman–Crippen MR) is 104 cm³/mol. The van der Waals surface area contributed by atoms with Gasteiger partial charge in [-0.15, -0.1) is 0 Å². The van der Waals surface area contributed by atoms with E-state index in [4.69, 9.17) is 14.2 Å². The lowest BCUT2D eigenvalue weighted by Gasteiger charge is -2.17. The summed E-state index contributed by atoms with van der Waals surface area (Å²) in [5.41, 5.74) is 4.41. The number of aryl methyl sites for hydroxylation is 1. The number of benzene rings is 2. The van der Waals surface area contributed by atoms with Crippen molar-refractivity contribution in [2.24, 2.45) is 0 Å². The van der Waals surface area contributed by atoms with E-state index in [-0.39, 0.29) is 12.8 Å². The molecular formula is C22H26O4. The Morgan fingerprint density at radius 3 is 2.35 bits per heavy atom. The van der Waals surface area contributed by atoms with Crippen molar-refractivity contribution in [1.29, 1.82) is 0 Å². The minimum absolute atomic E-state index is 0.184. The van der Waals surface area contributed by atoms with E-state index in [0.717, 1.165) is 28.7 Å². The Morgan fingerprint density at radius 2 is 1.77 bits per heavy atom.